The minimum absolute atomic E-state index is 0.0589. The minimum atomic E-state index is -4.16. The molecule has 2 heterocycles. The molecule has 0 saturated heterocycles. The summed E-state index contributed by atoms with van der Waals surface area (Å²) in [6.45, 7) is 5.32. The van der Waals surface area contributed by atoms with Gasteiger partial charge in [0.05, 0.1) is 41.6 Å². The van der Waals surface area contributed by atoms with Gasteiger partial charge >= 0.3 is 11.9 Å². The largest absolute Gasteiger partial charge is 0.465 e. The molecule has 1 aliphatic carbocycles. The Morgan fingerprint density at radius 3 is 2.18 bits per heavy atom. The number of sulfonamides is 1. The van der Waals surface area contributed by atoms with Crippen LogP contribution < -0.4 is 9.62 Å². The van der Waals surface area contributed by atoms with E-state index in [1.165, 1.54) is 59.3 Å². The van der Waals surface area contributed by atoms with Gasteiger partial charge in [0.15, 0.2) is 5.78 Å². The highest BCUT2D eigenvalue weighted by Gasteiger charge is 2.30. The quantitative estimate of drug-likeness (QED) is 0.0819. The lowest BCUT2D eigenvalue weighted by atomic mass is 9.93. The van der Waals surface area contributed by atoms with Crippen LogP contribution in [0.3, 0.4) is 0 Å². The monoisotopic (exact) mass is 807 g/mol. The van der Waals surface area contributed by atoms with Crippen LogP contribution >= 0.6 is 11.3 Å². The van der Waals surface area contributed by atoms with Crippen molar-refractivity contribution in [2.45, 2.75) is 76.7 Å². The SMILES string of the molecule is CCOC(=O)c1ccc(N(C(C)C)S(=O)(=O)c2cccc(C(=O)Cc3sc4c(c3C(=O)Nc3ccc(CCc5ccc(C(=O)OC)cc5)cc3)CCCC4)c2)cn1. The first-order chi connectivity index (χ1) is 27.4. The number of hydrogen-bond acceptors (Lipinski definition) is 10. The lowest BCUT2D eigenvalue weighted by Crippen LogP contribution is -2.37. The number of carbonyl (C=O) groups is 4. The molecule has 0 saturated carbocycles. The second kappa shape index (κ2) is 18.1. The average molecular weight is 808 g/mol. The van der Waals surface area contributed by atoms with Gasteiger partial charge in [-0.1, -0.05) is 36.4 Å². The van der Waals surface area contributed by atoms with Crippen LogP contribution in [0, 0.1) is 0 Å². The molecule has 1 N–H and O–H groups in total. The second-order valence-corrected chi connectivity index (χ2v) is 17.0. The maximum absolute atomic E-state index is 14.1. The Kier molecular flexibility index (Phi) is 13.0. The summed E-state index contributed by atoms with van der Waals surface area (Å²) in [6.07, 6.45) is 6.35. The Hall–Kier alpha value is -5.66. The van der Waals surface area contributed by atoms with E-state index in [4.69, 9.17) is 9.47 Å². The standard InChI is InChI=1S/C44H45N3O8S2/c1-5-55-44(51)37-24-23-34(27-45-37)47(28(2)3)57(52,53)35-10-8-9-32(25-35)38(48)26-40-41(36-11-6-7-12-39(36)56-40)42(49)46-33-21-17-30(18-22-33)14-13-29-15-19-31(20-16-29)43(50)54-4/h8-10,15-25,27-28H,5-7,11-14,26H2,1-4H3,(H,46,49). The van der Waals surface area contributed by atoms with Gasteiger partial charge in [-0.3, -0.25) is 13.9 Å². The van der Waals surface area contributed by atoms with Gasteiger partial charge in [-0.2, -0.15) is 0 Å². The fourth-order valence-electron chi connectivity index (χ4n) is 6.92. The molecule has 5 aromatic rings. The highest BCUT2D eigenvalue weighted by atomic mass is 32.2. The number of carbonyl (C=O) groups excluding carboxylic acids is 4. The van der Waals surface area contributed by atoms with Crippen LogP contribution in [0.1, 0.15) is 102 Å². The van der Waals surface area contributed by atoms with Crippen LogP contribution in [0.5, 0.6) is 0 Å². The van der Waals surface area contributed by atoms with E-state index in [2.05, 4.69) is 10.3 Å². The molecule has 1 aliphatic rings. The molecule has 0 unspecified atom stereocenters. The zero-order valence-corrected chi connectivity index (χ0v) is 34.0. The molecule has 0 atom stereocenters. The highest BCUT2D eigenvalue weighted by Crippen LogP contribution is 2.36. The number of esters is 2. The lowest BCUT2D eigenvalue weighted by Gasteiger charge is -2.28. The van der Waals surface area contributed by atoms with Gasteiger partial charge < -0.3 is 14.8 Å². The van der Waals surface area contributed by atoms with E-state index in [0.29, 0.717) is 21.7 Å². The van der Waals surface area contributed by atoms with Crippen molar-refractivity contribution in [2.24, 2.45) is 0 Å². The summed E-state index contributed by atoms with van der Waals surface area (Å²) < 4.78 is 39.1. The number of Topliss-reactive ketones (excluding diaryl/α,β-unsaturated/α-hetero) is 1. The molecular formula is C44H45N3O8S2. The van der Waals surface area contributed by atoms with Crippen molar-refractivity contribution in [1.82, 2.24) is 4.98 Å². The minimum Gasteiger partial charge on any atom is -0.465 e. The number of benzene rings is 3. The van der Waals surface area contributed by atoms with Crippen LogP contribution in [0.15, 0.2) is 96.0 Å². The zero-order valence-electron chi connectivity index (χ0n) is 32.4. The first-order valence-corrected chi connectivity index (χ1v) is 21.2. The number of ether oxygens (including phenoxy) is 2. The Balaban J connectivity index is 1.17. The van der Waals surface area contributed by atoms with Crippen LogP contribution in [0.2, 0.25) is 0 Å². The summed E-state index contributed by atoms with van der Waals surface area (Å²) in [4.78, 5) is 57.6. The number of ketones is 1. The van der Waals surface area contributed by atoms with Crippen LogP contribution in [-0.2, 0) is 51.6 Å². The number of nitrogens with zero attached hydrogens (tertiary/aromatic N) is 2. The number of aromatic nitrogens is 1. The number of amides is 1. The van der Waals surface area contributed by atoms with E-state index < -0.39 is 22.0 Å². The van der Waals surface area contributed by atoms with E-state index in [1.807, 2.05) is 36.4 Å². The molecule has 0 fully saturated rings. The number of thiophene rings is 1. The van der Waals surface area contributed by atoms with Gasteiger partial charge in [-0.15, -0.1) is 11.3 Å². The molecule has 0 bridgehead atoms. The number of aryl methyl sites for hydroxylation is 3. The second-order valence-electron chi connectivity index (χ2n) is 14.0. The summed E-state index contributed by atoms with van der Waals surface area (Å²) >= 11 is 1.48. The number of rotatable bonds is 15. The van der Waals surface area contributed by atoms with Gasteiger partial charge in [0.25, 0.3) is 15.9 Å². The van der Waals surface area contributed by atoms with E-state index in [1.54, 1.807) is 39.0 Å². The van der Waals surface area contributed by atoms with Gasteiger partial charge in [-0.25, -0.2) is 23.0 Å². The van der Waals surface area contributed by atoms with Gasteiger partial charge in [0.1, 0.15) is 5.69 Å². The lowest BCUT2D eigenvalue weighted by molar-refractivity contribution is 0.0518. The zero-order chi connectivity index (χ0) is 40.7. The van der Waals surface area contributed by atoms with Crippen LogP contribution in [-0.4, -0.2) is 56.8 Å². The average Bonchev–Trinajstić information content (AvgIpc) is 3.58. The molecule has 0 radical (unpaired) electrons. The number of hydrogen-bond donors (Lipinski definition) is 1. The maximum atomic E-state index is 14.1. The smallest absolute Gasteiger partial charge is 0.356 e. The molecule has 13 heteroatoms. The number of pyridine rings is 1. The highest BCUT2D eigenvalue weighted by molar-refractivity contribution is 7.92. The van der Waals surface area contributed by atoms with E-state index >= 15 is 0 Å². The normalized spacial score (nSPS) is 12.4. The van der Waals surface area contributed by atoms with E-state index in [9.17, 15) is 27.6 Å². The van der Waals surface area contributed by atoms with Crippen molar-refractivity contribution in [3.8, 4) is 0 Å². The third kappa shape index (κ3) is 9.49. The van der Waals surface area contributed by atoms with Crippen molar-refractivity contribution in [2.75, 3.05) is 23.3 Å². The fraction of sp³-hybridized carbons (Fsp3) is 0.295. The Morgan fingerprint density at radius 2 is 1.54 bits per heavy atom. The molecule has 11 nitrogen and oxygen atoms in total. The fourth-order valence-corrected chi connectivity index (χ4v) is 10.0. The predicted molar refractivity (Wildman–Crippen MR) is 220 cm³/mol. The third-order valence-electron chi connectivity index (χ3n) is 9.75. The summed E-state index contributed by atoms with van der Waals surface area (Å²) in [6, 6.07) is 23.4. The van der Waals surface area contributed by atoms with Crippen molar-refractivity contribution in [3.63, 3.8) is 0 Å². The van der Waals surface area contributed by atoms with Crippen LogP contribution in [0.4, 0.5) is 11.4 Å². The van der Waals surface area contributed by atoms with Crippen molar-refractivity contribution < 1.29 is 37.1 Å². The number of methoxy groups -OCH3 is 1. The molecule has 1 amide bonds. The summed E-state index contributed by atoms with van der Waals surface area (Å²) in [5, 5.41) is 3.05. The van der Waals surface area contributed by atoms with E-state index in [-0.39, 0.29) is 52.5 Å². The van der Waals surface area contributed by atoms with Gasteiger partial charge in [0.2, 0.25) is 0 Å². The molecule has 296 valence electrons. The Bertz CT molecular complexity index is 2370. The molecular weight excluding hydrogens is 763 g/mol. The molecule has 0 aliphatic heterocycles. The molecule has 0 spiro atoms. The first kappa shape index (κ1) is 41.0. The van der Waals surface area contributed by atoms with E-state index in [0.717, 1.165) is 60.1 Å². The topological polar surface area (TPSA) is 149 Å². The van der Waals surface area contributed by atoms with Crippen LogP contribution in [0.25, 0.3) is 0 Å². The summed E-state index contributed by atoms with van der Waals surface area (Å²) in [5.74, 6) is -1.56. The van der Waals surface area contributed by atoms with Crippen molar-refractivity contribution in [1.29, 1.82) is 0 Å². The summed E-state index contributed by atoms with van der Waals surface area (Å²) in [7, 11) is -2.81. The predicted octanol–water partition coefficient (Wildman–Crippen LogP) is 8.05. The number of anilines is 2. The molecule has 6 rings (SSSR count). The third-order valence-corrected chi connectivity index (χ3v) is 13.0. The Labute approximate surface area is 337 Å². The van der Waals surface area contributed by atoms with Crippen molar-refractivity contribution >= 4 is 56.4 Å². The number of nitrogens with one attached hydrogen (secondary N) is 1. The van der Waals surface area contributed by atoms with Gasteiger partial charge in [0, 0.05) is 33.5 Å². The molecule has 3 aromatic carbocycles. The maximum Gasteiger partial charge on any atom is 0.356 e. The molecule has 57 heavy (non-hydrogen) atoms. The first-order valence-electron chi connectivity index (χ1n) is 18.9. The van der Waals surface area contributed by atoms with Gasteiger partial charge in [-0.05, 0) is 125 Å². The molecule has 2 aromatic heterocycles. The van der Waals surface area contributed by atoms with Crippen molar-refractivity contribution in [3.05, 3.63) is 140 Å². The number of fused-ring (bicyclic) bond motifs is 1. The Morgan fingerprint density at radius 1 is 0.860 bits per heavy atom. The summed E-state index contributed by atoms with van der Waals surface area (Å²) in [5.41, 5.74) is 5.36.